The molecule has 26 heavy (non-hydrogen) atoms. The lowest BCUT2D eigenvalue weighted by atomic mass is 9.59. The van der Waals surface area contributed by atoms with E-state index in [1.54, 1.807) is 24.3 Å². The summed E-state index contributed by atoms with van der Waals surface area (Å²) in [6.07, 6.45) is 3.69. The Morgan fingerprint density at radius 1 is 1.00 bits per heavy atom. The molecule has 2 aliphatic carbocycles. The lowest BCUT2D eigenvalue weighted by molar-refractivity contribution is -0.136. The van der Waals surface area contributed by atoms with Gasteiger partial charge in [-0.25, -0.2) is 0 Å². The molecule has 130 valence electrons. The van der Waals surface area contributed by atoms with E-state index < -0.39 is 11.6 Å². The minimum absolute atomic E-state index is 0.101. The minimum Gasteiger partial charge on any atom is -0.481 e. The molecule has 4 heteroatoms. The number of fused-ring (bicyclic) bond motifs is 2. The molecular weight excluding hydrogens is 328 g/mol. The van der Waals surface area contributed by atoms with E-state index in [1.165, 1.54) is 0 Å². The summed E-state index contributed by atoms with van der Waals surface area (Å²) >= 11 is 0. The molecule has 0 spiro atoms. The molecule has 0 aromatic heterocycles. The number of carboxylic acid groups (broad SMARTS) is 1. The normalized spacial score (nSPS) is 21.0. The summed E-state index contributed by atoms with van der Waals surface area (Å²) in [6.45, 7) is -0.150. The van der Waals surface area contributed by atoms with Crippen LogP contribution in [0.15, 0.2) is 83.5 Å². The highest BCUT2D eigenvalue weighted by Crippen LogP contribution is 2.58. The minimum atomic E-state index is -1.33. The van der Waals surface area contributed by atoms with Crippen molar-refractivity contribution in [3.05, 3.63) is 100 Å². The quantitative estimate of drug-likeness (QED) is 0.778. The monoisotopic (exact) mass is 346 g/mol. The molecule has 0 radical (unpaired) electrons. The van der Waals surface area contributed by atoms with Gasteiger partial charge in [-0.2, -0.15) is 0 Å². The lowest BCUT2D eigenvalue weighted by Crippen LogP contribution is -2.44. The van der Waals surface area contributed by atoms with Crippen molar-refractivity contribution in [3.8, 4) is 0 Å². The molecule has 0 fully saturated rings. The molecule has 0 saturated carbocycles. The number of benzene rings is 2. The van der Waals surface area contributed by atoms with Gasteiger partial charge in [-0.3, -0.25) is 4.79 Å². The van der Waals surface area contributed by atoms with Crippen LogP contribution in [0.4, 0.5) is 0 Å². The summed E-state index contributed by atoms with van der Waals surface area (Å²) < 4.78 is 0. The van der Waals surface area contributed by atoms with Gasteiger partial charge in [-0.15, -0.1) is 0 Å². The van der Waals surface area contributed by atoms with Gasteiger partial charge in [0.25, 0.3) is 0 Å². The number of rotatable bonds is 5. The van der Waals surface area contributed by atoms with Crippen LogP contribution >= 0.6 is 0 Å². The molecule has 0 saturated heterocycles. The largest absolute Gasteiger partial charge is 0.481 e. The zero-order valence-electron chi connectivity index (χ0n) is 14.0. The number of carboxylic acids is 1. The molecule has 1 atom stereocenters. The SMILES string of the molecule is O=C(O)Cc1cccc(C2(O)c3ccc(-c4ccccc4)c2c3CO)c1. The topological polar surface area (TPSA) is 77.8 Å². The van der Waals surface area contributed by atoms with Crippen molar-refractivity contribution in [2.45, 2.75) is 12.0 Å². The fraction of sp³-hybridized carbons (Fsp3) is 0.136. The van der Waals surface area contributed by atoms with E-state index in [2.05, 4.69) is 0 Å². The van der Waals surface area contributed by atoms with Gasteiger partial charge in [0.05, 0.1) is 13.0 Å². The van der Waals surface area contributed by atoms with Crippen molar-refractivity contribution >= 4 is 11.5 Å². The number of allylic oxidation sites excluding steroid dienone is 2. The van der Waals surface area contributed by atoms with E-state index in [0.29, 0.717) is 22.3 Å². The van der Waals surface area contributed by atoms with E-state index in [-0.39, 0.29) is 13.0 Å². The molecule has 1 unspecified atom stereocenters. The van der Waals surface area contributed by atoms with Gasteiger partial charge in [-0.1, -0.05) is 66.7 Å². The van der Waals surface area contributed by atoms with Gasteiger partial charge < -0.3 is 15.3 Å². The lowest BCUT2D eigenvalue weighted by Gasteiger charge is -2.48. The molecule has 2 bridgehead atoms. The third-order valence-corrected chi connectivity index (χ3v) is 5.01. The molecule has 4 rings (SSSR count). The maximum Gasteiger partial charge on any atom is 0.307 e. The summed E-state index contributed by atoms with van der Waals surface area (Å²) in [5.74, 6) is -0.915. The van der Waals surface area contributed by atoms with Crippen LogP contribution in [-0.2, 0) is 16.8 Å². The van der Waals surface area contributed by atoms with Crippen LogP contribution < -0.4 is 0 Å². The Hall–Kier alpha value is -2.95. The first-order valence-electron chi connectivity index (χ1n) is 8.42. The van der Waals surface area contributed by atoms with Crippen LogP contribution in [-0.4, -0.2) is 27.9 Å². The average Bonchev–Trinajstić information content (AvgIpc) is 2.66. The van der Waals surface area contributed by atoms with Crippen molar-refractivity contribution in [1.29, 1.82) is 0 Å². The first kappa shape index (κ1) is 16.5. The van der Waals surface area contributed by atoms with Crippen LogP contribution in [0, 0.1) is 0 Å². The Kier molecular flexibility index (Phi) is 3.87. The predicted molar refractivity (Wildman–Crippen MR) is 98.3 cm³/mol. The molecule has 3 N–H and O–H groups in total. The van der Waals surface area contributed by atoms with E-state index in [1.807, 2.05) is 42.5 Å². The molecule has 2 aromatic carbocycles. The Balaban J connectivity index is 1.82. The second-order valence-corrected chi connectivity index (χ2v) is 6.52. The second kappa shape index (κ2) is 6.09. The summed E-state index contributed by atoms with van der Waals surface area (Å²) in [5.41, 5.74) is 3.85. The van der Waals surface area contributed by atoms with E-state index >= 15 is 0 Å². The average molecular weight is 346 g/mol. The van der Waals surface area contributed by atoms with Crippen molar-refractivity contribution < 1.29 is 20.1 Å². The first-order chi connectivity index (χ1) is 12.6. The van der Waals surface area contributed by atoms with Crippen molar-refractivity contribution in [2.75, 3.05) is 6.61 Å². The Morgan fingerprint density at radius 3 is 2.46 bits per heavy atom. The highest BCUT2D eigenvalue weighted by molar-refractivity contribution is 5.93. The highest BCUT2D eigenvalue weighted by Gasteiger charge is 2.52. The Bertz CT molecular complexity index is 982. The first-order valence-corrected chi connectivity index (χ1v) is 8.42. The molecule has 2 aliphatic rings. The van der Waals surface area contributed by atoms with Crippen molar-refractivity contribution in [2.24, 2.45) is 0 Å². The fourth-order valence-corrected chi connectivity index (χ4v) is 3.88. The van der Waals surface area contributed by atoms with E-state index in [9.17, 15) is 15.0 Å². The summed E-state index contributed by atoms with van der Waals surface area (Å²) in [4.78, 5) is 11.0. The number of aliphatic hydroxyl groups is 2. The van der Waals surface area contributed by atoms with Crippen molar-refractivity contribution in [1.82, 2.24) is 0 Å². The Morgan fingerprint density at radius 2 is 1.77 bits per heavy atom. The van der Waals surface area contributed by atoms with Crippen molar-refractivity contribution in [3.63, 3.8) is 0 Å². The third kappa shape index (κ3) is 2.35. The highest BCUT2D eigenvalue weighted by atomic mass is 16.4. The van der Waals surface area contributed by atoms with E-state index in [4.69, 9.17) is 5.11 Å². The van der Waals surface area contributed by atoms with Crippen LogP contribution in [0.1, 0.15) is 16.7 Å². The third-order valence-electron chi connectivity index (χ3n) is 5.01. The summed E-state index contributed by atoms with van der Waals surface area (Å²) in [6, 6.07) is 16.7. The zero-order valence-corrected chi connectivity index (χ0v) is 14.0. The number of aliphatic hydroxyl groups excluding tert-OH is 1. The summed E-state index contributed by atoms with van der Waals surface area (Å²) in [5, 5.41) is 30.4. The number of aliphatic carboxylic acids is 1. The van der Waals surface area contributed by atoms with Crippen LogP contribution in [0.3, 0.4) is 0 Å². The van der Waals surface area contributed by atoms with Gasteiger partial charge in [0.2, 0.25) is 0 Å². The van der Waals surface area contributed by atoms with Crippen LogP contribution in [0.5, 0.6) is 0 Å². The predicted octanol–water partition coefficient (Wildman–Crippen LogP) is 2.83. The smallest absolute Gasteiger partial charge is 0.307 e. The molecular formula is C22H18O4. The molecule has 0 heterocycles. The maximum absolute atomic E-state index is 11.5. The Labute approximate surface area is 151 Å². The molecule has 0 aliphatic heterocycles. The van der Waals surface area contributed by atoms with Gasteiger partial charge in [0.1, 0.15) is 5.60 Å². The van der Waals surface area contributed by atoms with Gasteiger partial charge in [0, 0.05) is 5.57 Å². The molecule has 4 nitrogen and oxygen atoms in total. The molecule has 2 aromatic rings. The fourth-order valence-electron chi connectivity index (χ4n) is 3.88. The van der Waals surface area contributed by atoms with Gasteiger partial charge in [0.15, 0.2) is 0 Å². The number of carbonyl (C=O) groups is 1. The number of hydrogen-bond acceptors (Lipinski definition) is 3. The van der Waals surface area contributed by atoms with Crippen LogP contribution in [0.25, 0.3) is 5.57 Å². The number of hydrogen-bond donors (Lipinski definition) is 3. The van der Waals surface area contributed by atoms with Crippen LogP contribution in [0.2, 0.25) is 0 Å². The van der Waals surface area contributed by atoms with E-state index in [0.717, 1.165) is 16.7 Å². The van der Waals surface area contributed by atoms with Gasteiger partial charge in [-0.05, 0) is 33.4 Å². The molecule has 0 amide bonds. The maximum atomic E-state index is 11.5. The summed E-state index contributed by atoms with van der Waals surface area (Å²) in [7, 11) is 0. The standard InChI is InChI=1S/C22H18O4/c23-13-18-19-10-9-17(15-6-2-1-3-7-15)21(18)22(19,26)16-8-4-5-14(11-16)12-20(24)25/h1-11,23,26H,12-13H2,(H,24,25). The second-order valence-electron chi connectivity index (χ2n) is 6.52. The zero-order chi connectivity index (χ0) is 18.3. The van der Waals surface area contributed by atoms with Gasteiger partial charge >= 0.3 is 5.97 Å².